The molecule has 165 valence electrons. The lowest BCUT2D eigenvalue weighted by molar-refractivity contribution is -0.127. The highest BCUT2D eigenvalue weighted by Crippen LogP contribution is 2.31. The van der Waals surface area contributed by atoms with Crippen LogP contribution in [-0.4, -0.2) is 25.9 Å². The molecule has 4 heteroatoms. The maximum atomic E-state index is 12.3. The summed E-state index contributed by atoms with van der Waals surface area (Å²) in [6, 6.07) is 0. The maximum absolute atomic E-state index is 12.3. The van der Waals surface area contributed by atoms with Crippen molar-refractivity contribution in [2.45, 2.75) is 128 Å². The zero-order valence-electron chi connectivity index (χ0n) is 19.1. The monoisotopic (exact) mass is 402 g/mol. The second-order valence-corrected chi connectivity index (χ2v) is 9.50. The first-order valence-electron chi connectivity index (χ1n) is 12.6. The van der Waals surface area contributed by atoms with Gasteiger partial charge in [0.2, 0.25) is 5.91 Å². The van der Waals surface area contributed by atoms with Gasteiger partial charge in [0.1, 0.15) is 13.9 Å². The van der Waals surface area contributed by atoms with Gasteiger partial charge in [-0.2, -0.15) is 0 Å². The molecule has 0 unspecified atom stereocenters. The summed E-state index contributed by atoms with van der Waals surface area (Å²) in [5.74, 6) is 1.60. The number of nitrogens with one attached hydrogen (secondary N) is 1. The van der Waals surface area contributed by atoms with E-state index < -0.39 is 0 Å². The molecule has 2 aliphatic rings. The highest BCUT2D eigenvalue weighted by atomic mass is 16.5. The molecule has 0 heterocycles. The summed E-state index contributed by atoms with van der Waals surface area (Å²) in [5, 5.41) is 2.99. The molecule has 0 atom stereocenters. The summed E-state index contributed by atoms with van der Waals surface area (Å²) in [6.45, 7) is 6.49. The fourth-order valence-electron chi connectivity index (χ4n) is 5.05. The maximum Gasteiger partial charge on any atom is 0.250 e. The van der Waals surface area contributed by atoms with Crippen LogP contribution in [0.1, 0.15) is 109 Å². The summed E-state index contributed by atoms with van der Waals surface area (Å²) in [6.07, 6.45) is 21.7. The van der Waals surface area contributed by atoms with Crippen LogP contribution in [0.15, 0.2) is 12.3 Å². The van der Waals surface area contributed by atoms with Crippen LogP contribution in [0.4, 0.5) is 0 Å². The van der Waals surface area contributed by atoms with E-state index in [4.69, 9.17) is 4.74 Å². The lowest BCUT2D eigenvalue weighted by Gasteiger charge is -2.24. The fourth-order valence-corrected chi connectivity index (χ4v) is 5.05. The first-order chi connectivity index (χ1) is 14.2. The molecule has 0 bridgehead atoms. The van der Waals surface area contributed by atoms with Gasteiger partial charge in [0, 0.05) is 5.70 Å². The van der Waals surface area contributed by atoms with Crippen molar-refractivity contribution in [2.24, 2.45) is 5.92 Å². The van der Waals surface area contributed by atoms with Gasteiger partial charge in [0.05, 0.1) is 6.10 Å². The van der Waals surface area contributed by atoms with Crippen LogP contribution >= 0.6 is 0 Å². The van der Waals surface area contributed by atoms with Crippen molar-refractivity contribution in [1.82, 2.24) is 5.32 Å². The molecule has 2 fully saturated rings. The average Bonchev–Trinajstić information content (AvgIpc) is 2.70. The number of carbonyl (C=O) groups is 1. The average molecular weight is 402 g/mol. The van der Waals surface area contributed by atoms with Crippen LogP contribution in [0.2, 0.25) is 12.6 Å². The molecule has 0 aromatic heterocycles. The Morgan fingerprint density at radius 3 is 2.07 bits per heavy atom. The minimum Gasteiger partial charge on any atom is -0.368 e. The number of allylic oxidation sites excluding steroid dienone is 1. The van der Waals surface area contributed by atoms with Crippen molar-refractivity contribution < 1.29 is 9.53 Å². The zero-order chi connectivity index (χ0) is 20.7. The molecule has 2 rings (SSSR count). The number of ether oxygens (including phenoxy) is 1. The van der Waals surface area contributed by atoms with Crippen LogP contribution in [0.3, 0.4) is 0 Å². The molecule has 2 saturated carbocycles. The van der Waals surface area contributed by atoms with Crippen LogP contribution in [0.5, 0.6) is 0 Å². The summed E-state index contributed by atoms with van der Waals surface area (Å²) in [5.41, 5.74) is 0.867. The minimum atomic E-state index is -0.0221. The Kier molecular flexibility index (Phi) is 12.8. The van der Waals surface area contributed by atoms with Crippen molar-refractivity contribution in [1.29, 1.82) is 0 Å². The van der Waals surface area contributed by atoms with Gasteiger partial charge in [-0.25, -0.2) is 0 Å². The van der Waals surface area contributed by atoms with Gasteiger partial charge >= 0.3 is 0 Å². The lowest BCUT2D eigenvalue weighted by Crippen LogP contribution is -2.29. The first kappa shape index (κ1) is 24.5. The quantitative estimate of drug-likeness (QED) is 0.453. The lowest BCUT2D eigenvalue weighted by atomic mass is 9.61. The molecular formula is C25H45BNO2. The molecule has 0 aliphatic heterocycles. The number of hydrogen-bond acceptors (Lipinski definition) is 2. The summed E-state index contributed by atoms with van der Waals surface area (Å²) < 4.78 is 5.97. The Morgan fingerprint density at radius 1 is 0.897 bits per heavy atom. The van der Waals surface area contributed by atoms with Crippen molar-refractivity contribution in [2.75, 3.05) is 6.61 Å². The number of hydrogen-bond donors (Lipinski definition) is 1. The van der Waals surface area contributed by atoms with E-state index in [-0.39, 0.29) is 18.6 Å². The minimum absolute atomic E-state index is 0.0221. The molecule has 3 nitrogen and oxygen atoms in total. The highest BCUT2D eigenvalue weighted by Gasteiger charge is 2.17. The third-order valence-electron chi connectivity index (χ3n) is 7.02. The van der Waals surface area contributed by atoms with E-state index >= 15 is 0 Å². The smallest absolute Gasteiger partial charge is 0.250 e. The number of rotatable bonds is 8. The van der Waals surface area contributed by atoms with E-state index in [1.807, 2.05) is 0 Å². The van der Waals surface area contributed by atoms with Crippen LogP contribution in [-0.2, 0) is 9.53 Å². The molecule has 1 amide bonds. The predicted molar refractivity (Wildman–Crippen MR) is 124 cm³/mol. The molecular weight excluding hydrogens is 357 g/mol. The Labute approximate surface area is 181 Å². The van der Waals surface area contributed by atoms with Gasteiger partial charge in [-0.05, 0) is 31.6 Å². The topological polar surface area (TPSA) is 38.3 Å². The third-order valence-corrected chi connectivity index (χ3v) is 7.02. The van der Waals surface area contributed by atoms with E-state index in [1.54, 1.807) is 0 Å². The number of amides is 1. The van der Waals surface area contributed by atoms with Crippen molar-refractivity contribution in [3.05, 3.63) is 12.3 Å². The van der Waals surface area contributed by atoms with Gasteiger partial charge < -0.3 is 10.1 Å². The van der Waals surface area contributed by atoms with Gasteiger partial charge in [-0.15, -0.1) is 0 Å². The molecule has 2 aliphatic carbocycles. The largest absolute Gasteiger partial charge is 0.368 e. The molecule has 29 heavy (non-hydrogen) atoms. The fraction of sp³-hybridized carbons (Fsp3) is 0.880. The van der Waals surface area contributed by atoms with E-state index in [0.29, 0.717) is 0 Å². The second-order valence-electron chi connectivity index (χ2n) is 9.50. The molecule has 1 N–H and O–H groups in total. The zero-order valence-corrected chi connectivity index (χ0v) is 19.1. The molecule has 0 spiro atoms. The third kappa shape index (κ3) is 11.3. The van der Waals surface area contributed by atoms with Crippen molar-refractivity contribution in [3.63, 3.8) is 0 Å². The van der Waals surface area contributed by atoms with E-state index in [9.17, 15) is 4.79 Å². The Bertz CT molecular complexity index is 448. The van der Waals surface area contributed by atoms with Crippen LogP contribution in [0.25, 0.3) is 0 Å². The Hall–Kier alpha value is -0.765. The molecule has 0 aromatic rings. The summed E-state index contributed by atoms with van der Waals surface area (Å²) in [7, 11) is 2.39. The van der Waals surface area contributed by atoms with Crippen LogP contribution in [0, 0.1) is 5.92 Å². The molecule has 1 radical (unpaired) electrons. The van der Waals surface area contributed by atoms with E-state index in [0.717, 1.165) is 43.1 Å². The van der Waals surface area contributed by atoms with E-state index in [1.165, 1.54) is 83.5 Å². The molecule has 0 aromatic carbocycles. The normalized spacial score (nSPS) is 25.4. The van der Waals surface area contributed by atoms with Crippen molar-refractivity contribution >= 4 is 13.2 Å². The van der Waals surface area contributed by atoms with Gasteiger partial charge in [-0.3, -0.25) is 4.79 Å². The van der Waals surface area contributed by atoms with E-state index in [2.05, 4.69) is 26.0 Å². The SMILES string of the molecule is C=C(CCC1CCCC([B]C)CCC1)NC(=O)COC1CCCCCCCCC1. The van der Waals surface area contributed by atoms with Gasteiger partial charge in [0.15, 0.2) is 0 Å². The second kappa shape index (κ2) is 15.1. The Balaban J connectivity index is 1.59. The summed E-state index contributed by atoms with van der Waals surface area (Å²) in [4.78, 5) is 12.3. The number of carbonyl (C=O) groups excluding carboxylic acids is 1. The van der Waals surface area contributed by atoms with Crippen molar-refractivity contribution in [3.8, 4) is 0 Å². The van der Waals surface area contributed by atoms with Crippen LogP contribution < -0.4 is 5.32 Å². The standard InChI is InChI=1S/C25H45BNO2/c1-21(18-19-22-12-10-14-23(26-2)15-11-13-22)27-25(28)20-29-24-16-8-6-4-3-5-7-9-17-24/h22-24H,1,3-20H2,2H3,(H,27,28). The van der Waals surface area contributed by atoms with Gasteiger partial charge in [-0.1, -0.05) is 103 Å². The Morgan fingerprint density at radius 2 is 1.48 bits per heavy atom. The summed E-state index contributed by atoms with van der Waals surface area (Å²) >= 11 is 0. The first-order valence-corrected chi connectivity index (χ1v) is 12.6. The van der Waals surface area contributed by atoms with Gasteiger partial charge in [0.25, 0.3) is 0 Å². The predicted octanol–water partition coefficient (Wildman–Crippen LogP) is 6.82. The highest BCUT2D eigenvalue weighted by molar-refractivity contribution is 6.35. The molecule has 0 saturated heterocycles.